The maximum absolute atomic E-state index is 12.8. The van der Waals surface area contributed by atoms with Gasteiger partial charge in [-0.25, -0.2) is 0 Å². The molecule has 2 heterocycles. The Morgan fingerprint density at radius 3 is 3.05 bits per heavy atom. The smallest absolute Gasteiger partial charge is 0.257 e. The molecule has 1 aliphatic heterocycles. The third kappa shape index (κ3) is 2.98. The van der Waals surface area contributed by atoms with Crippen LogP contribution in [0.5, 0.6) is 5.75 Å². The number of rotatable bonds is 4. The van der Waals surface area contributed by atoms with E-state index in [4.69, 9.17) is 4.74 Å². The molecule has 0 unspecified atom stereocenters. The third-order valence-corrected chi connectivity index (χ3v) is 4.09. The lowest BCUT2D eigenvalue weighted by Crippen LogP contribution is -2.39. The first kappa shape index (κ1) is 14.6. The van der Waals surface area contributed by atoms with Crippen molar-refractivity contribution in [2.45, 2.75) is 25.7 Å². The van der Waals surface area contributed by atoms with E-state index in [0.29, 0.717) is 23.8 Å². The lowest BCUT2D eigenvalue weighted by Gasteiger charge is -2.32. The van der Waals surface area contributed by atoms with Crippen LogP contribution in [0.4, 0.5) is 0 Å². The van der Waals surface area contributed by atoms with Gasteiger partial charge < -0.3 is 9.64 Å². The van der Waals surface area contributed by atoms with E-state index in [-0.39, 0.29) is 5.91 Å². The highest BCUT2D eigenvalue weighted by atomic mass is 16.5. The van der Waals surface area contributed by atoms with E-state index < -0.39 is 0 Å². The maximum Gasteiger partial charge on any atom is 0.257 e. The molecule has 0 radical (unpaired) electrons. The minimum atomic E-state index is 0.0493. The molecule has 1 aromatic heterocycles. The Morgan fingerprint density at radius 2 is 2.27 bits per heavy atom. The molecule has 5 heteroatoms. The third-order valence-electron chi connectivity index (χ3n) is 4.09. The van der Waals surface area contributed by atoms with Crippen molar-refractivity contribution >= 4 is 5.91 Å². The molecule has 1 saturated heterocycles. The Hall–Kier alpha value is -2.30. The number of hydrogen-bond acceptors (Lipinski definition) is 3. The molecule has 0 bridgehead atoms. The van der Waals surface area contributed by atoms with E-state index in [0.717, 1.165) is 31.6 Å². The molecule has 0 saturated carbocycles. The average Bonchev–Trinajstić information content (AvgIpc) is 3.10. The number of ether oxygens (including phenoxy) is 1. The molecule has 1 N–H and O–H groups in total. The summed E-state index contributed by atoms with van der Waals surface area (Å²) in [6.07, 6.45) is 3.85. The maximum atomic E-state index is 12.8. The van der Waals surface area contributed by atoms with Crippen molar-refractivity contribution in [2.75, 3.05) is 19.7 Å². The number of carbonyl (C=O) groups is 1. The van der Waals surface area contributed by atoms with Crippen molar-refractivity contribution in [3.63, 3.8) is 0 Å². The number of piperidine rings is 1. The molecule has 1 atom stereocenters. The number of nitrogens with one attached hydrogen (secondary N) is 1. The summed E-state index contributed by atoms with van der Waals surface area (Å²) in [7, 11) is 0. The monoisotopic (exact) mass is 299 g/mol. The van der Waals surface area contributed by atoms with Crippen LogP contribution in [0.1, 0.15) is 41.7 Å². The van der Waals surface area contributed by atoms with Gasteiger partial charge in [-0.15, -0.1) is 0 Å². The van der Waals surface area contributed by atoms with Gasteiger partial charge in [0.25, 0.3) is 5.91 Å². The first-order valence-electron chi connectivity index (χ1n) is 7.80. The van der Waals surface area contributed by atoms with Crippen molar-refractivity contribution < 1.29 is 9.53 Å². The van der Waals surface area contributed by atoms with Crippen LogP contribution in [-0.2, 0) is 0 Å². The fourth-order valence-electron chi connectivity index (χ4n) is 3.00. The number of carbonyl (C=O) groups excluding carboxylic acids is 1. The van der Waals surface area contributed by atoms with Crippen LogP contribution < -0.4 is 4.74 Å². The minimum absolute atomic E-state index is 0.0493. The summed E-state index contributed by atoms with van der Waals surface area (Å²) in [5.74, 6) is 1.05. The van der Waals surface area contributed by atoms with E-state index in [1.165, 1.54) is 0 Å². The van der Waals surface area contributed by atoms with Gasteiger partial charge in [-0.3, -0.25) is 9.89 Å². The van der Waals surface area contributed by atoms with E-state index in [1.54, 1.807) is 6.20 Å². The number of para-hydroxylation sites is 1. The van der Waals surface area contributed by atoms with Crippen molar-refractivity contribution in [3.8, 4) is 5.75 Å². The van der Waals surface area contributed by atoms with E-state index in [2.05, 4.69) is 10.2 Å². The number of aromatic amines is 1. The predicted octanol–water partition coefficient (Wildman–Crippen LogP) is 2.83. The van der Waals surface area contributed by atoms with Crippen molar-refractivity contribution in [1.82, 2.24) is 15.1 Å². The van der Waals surface area contributed by atoms with Crippen molar-refractivity contribution in [3.05, 3.63) is 47.8 Å². The van der Waals surface area contributed by atoms with Gasteiger partial charge in [0.2, 0.25) is 0 Å². The summed E-state index contributed by atoms with van der Waals surface area (Å²) in [6, 6.07) is 9.46. The molecule has 1 aromatic carbocycles. The molecular formula is C17H21N3O2. The molecule has 5 nitrogen and oxygen atoms in total. The highest BCUT2D eigenvalue weighted by Gasteiger charge is 2.27. The van der Waals surface area contributed by atoms with Crippen LogP contribution in [0.25, 0.3) is 0 Å². The molecule has 1 fully saturated rings. The van der Waals surface area contributed by atoms with Crippen LogP contribution in [0.2, 0.25) is 0 Å². The second kappa shape index (κ2) is 6.64. The number of benzene rings is 1. The summed E-state index contributed by atoms with van der Waals surface area (Å²) >= 11 is 0. The van der Waals surface area contributed by atoms with Gasteiger partial charge in [-0.05, 0) is 38.0 Å². The molecule has 3 rings (SSSR count). The zero-order valence-corrected chi connectivity index (χ0v) is 12.8. The van der Waals surface area contributed by atoms with Crippen LogP contribution in [-0.4, -0.2) is 40.7 Å². The molecule has 0 spiro atoms. The lowest BCUT2D eigenvalue weighted by atomic mass is 9.94. The summed E-state index contributed by atoms with van der Waals surface area (Å²) in [5, 5.41) is 7.04. The molecular weight excluding hydrogens is 278 g/mol. The van der Waals surface area contributed by atoms with Crippen molar-refractivity contribution in [1.29, 1.82) is 0 Å². The molecule has 0 aliphatic carbocycles. The lowest BCUT2D eigenvalue weighted by molar-refractivity contribution is 0.0701. The fraction of sp³-hybridized carbons (Fsp3) is 0.412. The van der Waals surface area contributed by atoms with E-state index in [1.807, 2.05) is 42.2 Å². The number of amides is 1. The topological polar surface area (TPSA) is 58.2 Å². The Kier molecular flexibility index (Phi) is 4.42. The molecule has 1 aliphatic rings. The summed E-state index contributed by atoms with van der Waals surface area (Å²) in [5.41, 5.74) is 1.75. The van der Waals surface area contributed by atoms with Gasteiger partial charge in [-0.2, -0.15) is 5.10 Å². The van der Waals surface area contributed by atoms with E-state index >= 15 is 0 Å². The largest absolute Gasteiger partial charge is 0.493 e. The Labute approximate surface area is 130 Å². The number of likely N-dealkylation sites (tertiary alicyclic amines) is 1. The zero-order valence-electron chi connectivity index (χ0n) is 12.8. The number of nitrogens with zero attached hydrogens (tertiary/aromatic N) is 2. The number of hydrogen-bond donors (Lipinski definition) is 1. The highest BCUT2D eigenvalue weighted by Crippen LogP contribution is 2.28. The summed E-state index contributed by atoms with van der Waals surface area (Å²) in [4.78, 5) is 14.8. The van der Waals surface area contributed by atoms with Gasteiger partial charge in [0.05, 0.1) is 12.2 Å². The molecule has 2 aromatic rings. The van der Waals surface area contributed by atoms with Crippen LogP contribution in [0, 0.1) is 0 Å². The van der Waals surface area contributed by atoms with E-state index in [9.17, 15) is 4.79 Å². The average molecular weight is 299 g/mol. The van der Waals surface area contributed by atoms with Gasteiger partial charge in [0.1, 0.15) is 5.75 Å². The summed E-state index contributed by atoms with van der Waals surface area (Å²) in [6.45, 7) is 4.00. The van der Waals surface area contributed by atoms with Crippen LogP contribution in [0.3, 0.4) is 0 Å². The second-order valence-electron chi connectivity index (χ2n) is 5.53. The quantitative estimate of drug-likeness (QED) is 0.944. The normalized spacial score (nSPS) is 18.2. The van der Waals surface area contributed by atoms with Crippen LogP contribution >= 0.6 is 0 Å². The van der Waals surface area contributed by atoms with Crippen molar-refractivity contribution in [2.24, 2.45) is 0 Å². The SMILES string of the molecule is CCOc1ccccc1C(=O)N1CCC[C@H](c2ccn[nH]2)C1. The predicted molar refractivity (Wildman–Crippen MR) is 84.1 cm³/mol. The first-order chi connectivity index (χ1) is 10.8. The second-order valence-corrected chi connectivity index (χ2v) is 5.53. The summed E-state index contributed by atoms with van der Waals surface area (Å²) < 4.78 is 5.58. The van der Waals surface area contributed by atoms with Gasteiger partial charge in [-0.1, -0.05) is 12.1 Å². The number of aromatic nitrogens is 2. The first-order valence-corrected chi connectivity index (χ1v) is 7.80. The Morgan fingerprint density at radius 1 is 1.41 bits per heavy atom. The minimum Gasteiger partial charge on any atom is -0.493 e. The fourth-order valence-corrected chi connectivity index (χ4v) is 3.00. The Bertz CT molecular complexity index is 625. The number of H-pyrrole nitrogens is 1. The van der Waals surface area contributed by atoms with Gasteiger partial charge in [0.15, 0.2) is 0 Å². The zero-order chi connectivity index (χ0) is 15.4. The van der Waals surface area contributed by atoms with Crippen LogP contribution in [0.15, 0.2) is 36.5 Å². The van der Waals surface area contributed by atoms with Gasteiger partial charge in [0, 0.05) is 30.9 Å². The molecule has 116 valence electrons. The molecule has 22 heavy (non-hydrogen) atoms. The van der Waals surface area contributed by atoms with Gasteiger partial charge >= 0.3 is 0 Å². The standard InChI is InChI=1S/C17H21N3O2/c1-2-22-16-8-4-3-7-14(16)17(21)20-11-5-6-13(12-20)15-9-10-18-19-15/h3-4,7-10,13H,2,5-6,11-12H2,1H3,(H,18,19)/t13-/m0/s1. The molecule has 1 amide bonds. The highest BCUT2D eigenvalue weighted by molar-refractivity contribution is 5.97. The Balaban J connectivity index is 1.77.